The van der Waals surface area contributed by atoms with E-state index in [1.807, 2.05) is 0 Å². The van der Waals surface area contributed by atoms with Crippen LogP contribution in [-0.4, -0.2) is 16.1 Å². The van der Waals surface area contributed by atoms with E-state index in [0.717, 1.165) is 0 Å². The Hall–Kier alpha value is -2.10. The molecular formula is C12H12FN3. The Bertz CT molecular complexity index is 491. The van der Waals surface area contributed by atoms with Gasteiger partial charge in [0.25, 0.3) is 0 Å². The van der Waals surface area contributed by atoms with Crippen molar-refractivity contribution >= 4 is 5.95 Å². The van der Waals surface area contributed by atoms with Crippen molar-refractivity contribution in [3.05, 3.63) is 55.1 Å². The van der Waals surface area contributed by atoms with Crippen molar-refractivity contribution in [1.82, 2.24) is 9.55 Å². The zero-order chi connectivity index (χ0) is 11.4. The molecule has 1 heterocycles. The first-order valence-corrected chi connectivity index (χ1v) is 4.96. The smallest absolute Gasteiger partial charge is 0.207 e. The van der Waals surface area contributed by atoms with E-state index >= 15 is 0 Å². The van der Waals surface area contributed by atoms with E-state index < -0.39 is 0 Å². The van der Waals surface area contributed by atoms with Gasteiger partial charge in [0, 0.05) is 18.9 Å². The van der Waals surface area contributed by atoms with Crippen LogP contribution in [0.15, 0.2) is 49.3 Å². The van der Waals surface area contributed by atoms with Crippen LogP contribution in [0.1, 0.15) is 0 Å². The summed E-state index contributed by atoms with van der Waals surface area (Å²) in [6.07, 6.45) is 5.06. The Morgan fingerprint density at radius 1 is 1.44 bits per heavy atom. The highest BCUT2D eigenvalue weighted by Gasteiger charge is 2.07. The van der Waals surface area contributed by atoms with Crippen molar-refractivity contribution in [1.29, 1.82) is 0 Å². The quantitative estimate of drug-likeness (QED) is 0.798. The van der Waals surface area contributed by atoms with Crippen LogP contribution in [0.25, 0.3) is 5.69 Å². The van der Waals surface area contributed by atoms with Crippen molar-refractivity contribution < 1.29 is 4.39 Å². The molecule has 82 valence electrons. The summed E-state index contributed by atoms with van der Waals surface area (Å²) in [6, 6.07) is 6.57. The first-order chi connectivity index (χ1) is 7.83. The molecule has 0 amide bonds. The fraction of sp³-hybridized carbons (Fsp3) is 0.0833. The van der Waals surface area contributed by atoms with Crippen LogP contribution in [0.3, 0.4) is 0 Å². The van der Waals surface area contributed by atoms with Crippen LogP contribution < -0.4 is 5.32 Å². The highest BCUT2D eigenvalue weighted by molar-refractivity contribution is 5.42. The molecule has 0 atom stereocenters. The van der Waals surface area contributed by atoms with Crippen molar-refractivity contribution in [3.63, 3.8) is 0 Å². The largest absolute Gasteiger partial charge is 0.352 e. The number of hydrogen-bond donors (Lipinski definition) is 1. The Labute approximate surface area is 93.2 Å². The lowest BCUT2D eigenvalue weighted by Crippen LogP contribution is -2.06. The van der Waals surface area contributed by atoms with E-state index in [4.69, 9.17) is 0 Å². The molecule has 0 aliphatic heterocycles. The molecular weight excluding hydrogens is 205 g/mol. The Balaban J connectivity index is 2.37. The zero-order valence-corrected chi connectivity index (χ0v) is 8.73. The topological polar surface area (TPSA) is 29.9 Å². The molecule has 1 N–H and O–H groups in total. The number of nitrogens with one attached hydrogen (secondary N) is 1. The van der Waals surface area contributed by atoms with Gasteiger partial charge in [-0.15, -0.1) is 6.58 Å². The third-order valence-corrected chi connectivity index (χ3v) is 2.16. The van der Waals surface area contributed by atoms with Crippen molar-refractivity contribution in [3.8, 4) is 5.69 Å². The molecule has 0 fully saturated rings. The Morgan fingerprint density at radius 2 is 2.25 bits per heavy atom. The number of halogens is 1. The lowest BCUT2D eigenvalue weighted by atomic mass is 10.3. The number of hydrogen-bond acceptors (Lipinski definition) is 2. The summed E-state index contributed by atoms with van der Waals surface area (Å²) in [4.78, 5) is 4.11. The number of nitrogens with zero attached hydrogens (tertiary/aromatic N) is 2. The van der Waals surface area contributed by atoms with Gasteiger partial charge in [-0.2, -0.15) is 0 Å². The van der Waals surface area contributed by atoms with E-state index in [1.165, 1.54) is 6.07 Å². The summed E-state index contributed by atoms with van der Waals surface area (Å²) in [5.41, 5.74) is 0.478. The fourth-order valence-corrected chi connectivity index (χ4v) is 1.44. The standard InChI is InChI=1S/C12H12FN3/c1-2-7-14-12-15-8-9-16(12)11-6-4-3-5-10(11)13/h2-6,8-9H,1,7H2,(H,14,15). The second-order valence-electron chi connectivity index (χ2n) is 3.24. The van der Waals surface area contributed by atoms with E-state index in [9.17, 15) is 4.39 Å². The molecule has 16 heavy (non-hydrogen) atoms. The normalized spacial score (nSPS) is 10.1. The number of anilines is 1. The Morgan fingerprint density at radius 3 is 3.00 bits per heavy atom. The van der Waals surface area contributed by atoms with Crippen molar-refractivity contribution in [2.75, 3.05) is 11.9 Å². The summed E-state index contributed by atoms with van der Waals surface area (Å²) in [5, 5.41) is 3.04. The Kier molecular flexibility index (Phi) is 3.00. The van der Waals surface area contributed by atoms with Crippen LogP contribution in [0.2, 0.25) is 0 Å². The first kappa shape index (κ1) is 10.4. The summed E-state index contributed by atoms with van der Waals surface area (Å²) >= 11 is 0. The first-order valence-electron chi connectivity index (χ1n) is 4.96. The lowest BCUT2D eigenvalue weighted by Gasteiger charge is -2.08. The second kappa shape index (κ2) is 4.61. The lowest BCUT2D eigenvalue weighted by molar-refractivity contribution is 0.618. The monoisotopic (exact) mass is 217 g/mol. The molecule has 0 unspecified atom stereocenters. The van der Waals surface area contributed by atoms with Gasteiger partial charge in [0.05, 0.1) is 5.69 Å². The van der Waals surface area contributed by atoms with Gasteiger partial charge in [0.15, 0.2) is 0 Å². The molecule has 0 saturated heterocycles. The van der Waals surface area contributed by atoms with Gasteiger partial charge in [0.2, 0.25) is 5.95 Å². The average molecular weight is 217 g/mol. The van der Waals surface area contributed by atoms with E-state index in [2.05, 4.69) is 16.9 Å². The van der Waals surface area contributed by atoms with Gasteiger partial charge in [-0.05, 0) is 12.1 Å². The average Bonchev–Trinajstić information content (AvgIpc) is 2.75. The van der Waals surface area contributed by atoms with Gasteiger partial charge in [-0.1, -0.05) is 18.2 Å². The molecule has 3 nitrogen and oxygen atoms in total. The molecule has 0 bridgehead atoms. The number of para-hydroxylation sites is 1. The van der Waals surface area contributed by atoms with E-state index in [0.29, 0.717) is 18.2 Å². The maximum atomic E-state index is 13.6. The minimum absolute atomic E-state index is 0.276. The van der Waals surface area contributed by atoms with Crippen molar-refractivity contribution in [2.45, 2.75) is 0 Å². The van der Waals surface area contributed by atoms with Gasteiger partial charge in [0.1, 0.15) is 5.82 Å². The zero-order valence-electron chi connectivity index (χ0n) is 8.73. The second-order valence-corrected chi connectivity index (χ2v) is 3.24. The minimum atomic E-state index is -0.276. The van der Waals surface area contributed by atoms with Gasteiger partial charge in [-0.25, -0.2) is 9.37 Å². The van der Waals surface area contributed by atoms with Crippen LogP contribution in [0.5, 0.6) is 0 Å². The molecule has 1 aromatic heterocycles. The summed E-state index contributed by atoms with van der Waals surface area (Å²) in [7, 11) is 0. The molecule has 0 radical (unpaired) electrons. The third kappa shape index (κ3) is 1.95. The fourth-order valence-electron chi connectivity index (χ4n) is 1.44. The van der Waals surface area contributed by atoms with Gasteiger partial charge >= 0.3 is 0 Å². The maximum Gasteiger partial charge on any atom is 0.207 e. The number of rotatable bonds is 4. The molecule has 0 saturated carbocycles. The van der Waals surface area contributed by atoms with Gasteiger partial charge in [-0.3, -0.25) is 4.57 Å². The van der Waals surface area contributed by atoms with E-state index in [1.54, 1.807) is 41.2 Å². The molecule has 0 aliphatic rings. The molecule has 2 aromatic rings. The predicted octanol–water partition coefficient (Wildman–Crippen LogP) is 2.61. The molecule has 0 aliphatic carbocycles. The summed E-state index contributed by atoms with van der Waals surface area (Å²) in [5.74, 6) is 0.326. The SMILES string of the molecule is C=CCNc1nccn1-c1ccccc1F. The third-order valence-electron chi connectivity index (χ3n) is 2.16. The molecule has 0 spiro atoms. The maximum absolute atomic E-state index is 13.6. The van der Waals surface area contributed by atoms with Crippen LogP contribution in [0, 0.1) is 5.82 Å². The summed E-state index contributed by atoms with van der Waals surface area (Å²) in [6.45, 7) is 4.20. The highest BCUT2D eigenvalue weighted by atomic mass is 19.1. The molecule has 4 heteroatoms. The van der Waals surface area contributed by atoms with Crippen LogP contribution >= 0.6 is 0 Å². The highest BCUT2D eigenvalue weighted by Crippen LogP contribution is 2.17. The number of benzene rings is 1. The van der Waals surface area contributed by atoms with E-state index in [-0.39, 0.29) is 5.82 Å². The van der Waals surface area contributed by atoms with Crippen molar-refractivity contribution in [2.24, 2.45) is 0 Å². The predicted molar refractivity (Wildman–Crippen MR) is 62.2 cm³/mol. The van der Waals surface area contributed by atoms with Gasteiger partial charge < -0.3 is 5.32 Å². The number of imidazole rings is 1. The minimum Gasteiger partial charge on any atom is -0.352 e. The molecule has 1 aromatic carbocycles. The number of aromatic nitrogens is 2. The summed E-state index contributed by atoms with van der Waals surface area (Å²) < 4.78 is 15.2. The van der Waals surface area contributed by atoms with Crippen LogP contribution in [0.4, 0.5) is 10.3 Å². The molecule has 2 rings (SSSR count). The van der Waals surface area contributed by atoms with Crippen LogP contribution in [-0.2, 0) is 0 Å².